The number of carbonyl (C=O) groups excluding carboxylic acids is 2. The summed E-state index contributed by atoms with van der Waals surface area (Å²) in [6, 6.07) is 17.7. The van der Waals surface area contributed by atoms with Crippen LogP contribution in [-0.2, 0) is 22.6 Å². The SMILES string of the molecule is CCC(C)NC(=O)C(Cc1ccccc1)N(Cc1ccc(Cl)cc1Cl)C(=O)COc1cc(C)c(Br)c(C)c1. The third kappa shape index (κ3) is 8.23. The molecule has 0 aromatic heterocycles. The van der Waals surface area contributed by atoms with Crippen LogP contribution in [-0.4, -0.2) is 35.4 Å². The van der Waals surface area contributed by atoms with E-state index in [1.54, 1.807) is 23.1 Å². The molecule has 0 aliphatic heterocycles. The second-order valence-corrected chi connectivity index (χ2v) is 11.1. The Morgan fingerprint density at radius 3 is 2.29 bits per heavy atom. The van der Waals surface area contributed by atoms with E-state index in [0.717, 1.165) is 27.6 Å². The number of hydrogen-bond acceptors (Lipinski definition) is 3. The summed E-state index contributed by atoms with van der Waals surface area (Å²) in [5, 5.41) is 3.98. The number of benzene rings is 3. The number of nitrogens with one attached hydrogen (secondary N) is 1. The van der Waals surface area contributed by atoms with Gasteiger partial charge in [-0.25, -0.2) is 0 Å². The molecule has 2 amide bonds. The van der Waals surface area contributed by atoms with Crippen LogP contribution in [0.3, 0.4) is 0 Å². The van der Waals surface area contributed by atoms with Crippen LogP contribution in [0.1, 0.15) is 42.5 Å². The highest BCUT2D eigenvalue weighted by Gasteiger charge is 2.31. The topological polar surface area (TPSA) is 58.6 Å². The molecule has 1 N–H and O–H groups in total. The minimum Gasteiger partial charge on any atom is -0.484 e. The maximum Gasteiger partial charge on any atom is 0.261 e. The van der Waals surface area contributed by atoms with E-state index < -0.39 is 6.04 Å². The lowest BCUT2D eigenvalue weighted by Gasteiger charge is -2.32. The van der Waals surface area contributed by atoms with Gasteiger partial charge in [-0.3, -0.25) is 9.59 Å². The Morgan fingerprint density at radius 2 is 1.68 bits per heavy atom. The standard InChI is InChI=1S/C30H33BrCl2N2O3/c1-5-21(4)34-30(37)27(15-22-9-7-6-8-10-22)35(17-23-11-12-24(32)16-26(23)33)28(36)18-38-25-13-19(2)29(31)20(3)14-25/h6-14,16,21,27H,5,15,17-18H2,1-4H3,(H,34,37). The predicted octanol–water partition coefficient (Wildman–Crippen LogP) is 7.31. The Morgan fingerprint density at radius 1 is 1.03 bits per heavy atom. The zero-order chi connectivity index (χ0) is 27.8. The first-order chi connectivity index (χ1) is 18.1. The minimum absolute atomic E-state index is 0.0400. The molecule has 0 fully saturated rings. The van der Waals surface area contributed by atoms with Crippen LogP contribution in [0.25, 0.3) is 0 Å². The van der Waals surface area contributed by atoms with Crippen molar-refractivity contribution in [3.63, 3.8) is 0 Å². The lowest BCUT2D eigenvalue weighted by Crippen LogP contribution is -2.53. The van der Waals surface area contributed by atoms with Gasteiger partial charge >= 0.3 is 0 Å². The Labute approximate surface area is 243 Å². The van der Waals surface area contributed by atoms with Gasteiger partial charge in [-0.05, 0) is 73.7 Å². The zero-order valence-corrected chi connectivity index (χ0v) is 25.2. The molecule has 0 spiro atoms. The molecule has 0 radical (unpaired) electrons. The second-order valence-electron chi connectivity index (χ2n) is 9.44. The molecule has 0 saturated carbocycles. The molecule has 0 bridgehead atoms. The highest BCUT2D eigenvalue weighted by Crippen LogP contribution is 2.27. The van der Waals surface area contributed by atoms with E-state index in [1.165, 1.54) is 0 Å². The fraction of sp³-hybridized carbons (Fsp3) is 0.333. The third-order valence-corrected chi connectivity index (χ3v) is 8.24. The van der Waals surface area contributed by atoms with Gasteiger partial charge in [0.05, 0.1) is 0 Å². The van der Waals surface area contributed by atoms with E-state index in [1.807, 2.05) is 70.2 Å². The number of ether oxygens (including phenoxy) is 1. The van der Waals surface area contributed by atoms with Gasteiger partial charge in [-0.15, -0.1) is 0 Å². The van der Waals surface area contributed by atoms with Crippen molar-refractivity contribution < 1.29 is 14.3 Å². The maximum atomic E-state index is 13.8. The monoisotopic (exact) mass is 618 g/mol. The largest absolute Gasteiger partial charge is 0.484 e. The molecule has 0 heterocycles. The summed E-state index contributed by atoms with van der Waals surface area (Å²) >= 11 is 16.2. The summed E-state index contributed by atoms with van der Waals surface area (Å²) in [5.74, 6) is 0.0381. The molecule has 2 atom stereocenters. The van der Waals surface area contributed by atoms with Crippen LogP contribution >= 0.6 is 39.1 Å². The quantitative estimate of drug-likeness (QED) is 0.245. The Hall–Kier alpha value is -2.54. The Balaban J connectivity index is 1.96. The maximum absolute atomic E-state index is 13.8. The number of aryl methyl sites for hydroxylation is 2. The molecular weight excluding hydrogens is 587 g/mol. The van der Waals surface area contributed by atoms with Crippen LogP contribution < -0.4 is 10.1 Å². The van der Waals surface area contributed by atoms with Crippen molar-refractivity contribution in [3.8, 4) is 5.75 Å². The van der Waals surface area contributed by atoms with Crippen molar-refractivity contribution in [3.05, 3.63) is 97.4 Å². The molecule has 2 unspecified atom stereocenters. The van der Waals surface area contributed by atoms with Gasteiger partial charge in [0.2, 0.25) is 5.91 Å². The second kappa shape index (κ2) is 14.0. The van der Waals surface area contributed by atoms with Crippen molar-refractivity contribution in [1.82, 2.24) is 10.2 Å². The predicted molar refractivity (Wildman–Crippen MR) is 158 cm³/mol. The lowest BCUT2D eigenvalue weighted by molar-refractivity contribution is -0.143. The first kappa shape index (κ1) is 30.0. The van der Waals surface area contributed by atoms with E-state index in [0.29, 0.717) is 27.8 Å². The molecule has 0 saturated heterocycles. The molecule has 3 aromatic carbocycles. The smallest absolute Gasteiger partial charge is 0.261 e. The van der Waals surface area contributed by atoms with Crippen molar-refractivity contribution in [1.29, 1.82) is 0 Å². The fourth-order valence-corrected chi connectivity index (χ4v) is 4.74. The minimum atomic E-state index is -0.775. The number of hydrogen-bond donors (Lipinski definition) is 1. The summed E-state index contributed by atoms with van der Waals surface area (Å²) < 4.78 is 6.94. The number of carbonyl (C=O) groups is 2. The number of rotatable bonds is 11. The Kier molecular flexibility index (Phi) is 11.1. The highest BCUT2D eigenvalue weighted by molar-refractivity contribution is 9.10. The van der Waals surface area contributed by atoms with Crippen LogP contribution in [0.2, 0.25) is 10.0 Å². The van der Waals surface area contributed by atoms with Crippen molar-refractivity contribution in [2.45, 2.75) is 59.2 Å². The zero-order valence-electron chi connectivity index (χ0n) is 22.1. The van der Waals surface area contributed by atoms with Gasteiger partial charge < -0.3 is 15.0 Å². The number of amides is 2. The van der Waals surface area contributed by atoms with Gasteiger partial charge in [-0.1, -0.05) is 82.5 Å². The van der Waals surface area contributed by atoms with Gasteiger partial charge in [-0.2, -0.15) is 0 Å². The summed E-state index contributed by atoms with van der Waals surface area (Å²) in [5.41, 5.74) is 3.64. The average Bonchev–Trinajstić information content (AvgIpc) is 2.89. The number of nitrogens with zero attached hydrogens (tertiary/aromatic N) is 1. The van der Waals surface area contributed by atoms with Crippen LogP contribution in [0.15, 0.2) is 65.1 Å². The Bertz CT molecular complexity index is 1250. The third-order valence-electron chi connectivity index (χ3n) is 6.40. The van der Waals surface area contributed by atoms with Crippen LogP contribution in [0.5, 0.6) is 5.75 Å². The first-order valence-corrected chi connectivity index (χ1v) is 14.1. The van der Waals surface area contributed by atoms with Gasteiger partial charge in [0.25, 0.3) is 5.91 Å². The molecule has 5 nitrogen and oxygen atoms in total. The van der Waals surface area contributed by atoms with Crippen LogP contribution in [0.4, 0.5) is 0 Å². The summed E-state index contributed by atoms with van der Waals surface area (Å²) in [6.07, 6.45) is 1.11. The van der Waals surface area contributed by atoms with E-state index in [2.05, 4.69) is 21.2 Å². The van der Waals surface area contributed by atoms with E-state index >= 15 is 0 Å². The van der Waals surface area contributed by atoms with Crippen molar-refractivity contribution >= 4 is 50.9 Å². The first-order valence-electron chi connectivity index (χ1n) is 12.6. The van der Waals surface area contributed by atoms with Gasteiger partial charge in [0.15, 0.2) is 6.61 Å². The molecule has 0 aliphatic rings. The molecular formula is C30H33BrCl2N2O3. The highest BCUT2D eigenvalue weighted by atomic mass is 79.9. The fourth-order valence-electron chi connectivity index (χ4n) is 4.05. The lowest BCUT2D eigenvalue weighted by atomic mass is 10.0. The van der Waals surface area contributed by atoms with E-state index in [-0.39, 0.29) is 31.0 Å². The molecule has 3 rings (SSSR count). The van der Waals surface area contributed by atoms with Gasteiger partial charge in [0.1, 0.15) is 11.8 Å². The molecule has 202 valence electrons. The summed E-state index contributed by atoms with van der Waals surface area (Å²) in [6.45, 7) is 7.78. The average molecular weight is 620 g/mol. The number of halogens is 3. The summed E-state index contributed by atoms with van der Waals surface area (Å²) in [4.78, 5) is 28.9. The van der Waals surface area contributed by atoms with Crippen LogP contribution in [0, 0.1) is 13.8 Å². The van der Waals surface area contributed by atoms with Crippen molar-refractivity contribution in [2.24, 2.45) is 0 Å². The normalized spacial score (nSPS) is 12.5. The van der Waals surface area contributed by atoms with Crippen molar-refractivity contribution in [2.75, 3.05) is 6.61 Å². The van der Waals surface area contributed by atoms with Gasteiger partial charge in [0, 0.05) is 33.5 Å². The summed E-state index contributed by atoms with van der Waals surface area (Å²) in [7, 11) is 0. The molecule has 8 heteroatoms. The van der Waals surface area contributed by atoms with E-state index in [9.17, 15) is 9.59 Å². The molecule has 0 aliphatic carbocycles. The van der Waals surface area contributed by atoms with E-state index in [4.69, 9.17) is 27.9 Å². The molecule has 38 heavy (non-hydrogen) atoms. The molecule has 3 aromatic rings.